The molecule has 2 rings (SSSR count). The van der Waals surface area contributed by atoms with Crippen LogP contribution < -0.4 is 20.2 Å². The lowest BCUT2D eigenvalue weighted by atomic mass is 10.2. The first-order chi connectivity index (χ1) is 14.7. The minimum Gasteiger partial charge on any atom is -0.493 e. The highest BCUT2D eigenvalue weighted by Gasteiger charge is 2.30. The van der Waals surface area contributed by atoms with E-state index in [0.29, 0.717) is 17.1 Å². The number of carbonyl (C=O) groups is 2. The van der Waals surface area contributed by atoms with Crippen LogP contribution in [0.15, 0.2) is 47.6 Å². The quantitative estimate of drug-likeness (QED) is 0.290. The standard InChI is InChI=1S/C21H18F3N3O4/c1-3-9-31-17-8-7-14(10-18(17)30-2)13-25-27-20(29)12-19(28)26-16-6-4-5-15(11-16)21(22,23)24/h1,4-8,10-11,13H,9,12H2,2H3,(H,26,28)(H,27,29). The van der Waals surface area contributed by atoms with Gasteiger partial charge in [-0.05, 0) is 42.0 Å². The molecule has 0 saturated heterocycles. The highest BCUT2D eigenvalue weighted by Crippen LogP contribution is 2.30. The Morgan fingerprint density at radius 1 is 1.16 bits per heavy atom. The summed E-state index contributed by atoms with van der Waals surface area (Å²) in [5, 5.41) is 5.97. The molecular formula is C21H18F3N3O4. The Balaban J connectivity index is 1.89. The van der Waals surface area contributed by atoms with Crippen molar-refractivity contribution < 1.29 is 32.2 Å². The van der Waals surface area contributed by atoms with Gasteiger partial charge in [0.1, 0.15) is 13.0 Å². The number of benzene rings is 2. The summed E-state index contributed by atoms with van der Waals surface area (Å²) in [7, 11) is 1.45. The van der Waals surface area contributed by atoms with Gasteiger partial charge in [0.15, 0.2) is 11.5 Å². The zero-order chi connectivity index (χ0) is 22.9. The van der Waals surface area contributed by atoms with Crippen LogP contribution in [-0.2, 0) is 15.8 Å². The number of halogens is 3. The summed E-state index contributed by atoms with van der Waals surface area (Å²) in [6, 6.07) is 8.94. The largest absolute Gasteiger partial charge is 0.493 e. The third-order valence-corrected chi connectivity index (χ3v) is 3.70. The maximum absolute atomic E-state index is 12.7. The second-order valence-electron chi connectivity index (χ2n) is 6.00. The third kappa shape index (κ3) is 7.40. The molecule has 0 saturated carbocycles. The number of anilines is 1. The molecule has 0 spiro atoms. The molecule has 2 N–H and O–H groups in total. The van der Waals surface area contributed by atoms with Gasteiger partial charge in [-0.3, -0.25) is 9.59 Å². The van der Waals surface area contributed by atoms with E-state index in [0.717, 1.165) is 18.2 Å². The van der Waals surface area contributed by atoms with E-state index in [1.165, 1.54) is 19.4 Å². The van der Waals surface area contributed by atoms with Gasteiger partial charge in [0.25, 0.3) is 0 Å². The number of rotatable bonds is 8. The molecule has 0 aliphatic carbocycles. The van der Waals surface area contributed by atoms with Crippen LogP contribution in [0.1, 0.15) is 17.5 Å². The van der Waals surface area contributed by atoms with Crippen LogP contribution >= 0.6 is 0 Å². The number of carbonyl (C=O) groups excluding carboxylic acids is 2. The predicted octanol–water partition coefficient (Wildman–Crippen LogP) is 3.20. The maximum Gasteiger partial charge on any atom is 0.416 e. The fourth-order valence-electron chi connectivity index (χ4n) is 2.35. The van der Waals surface area contributed by atoms with Crippen LogP contribution in [0.2, 0.25) is 0 Å². The van der Waals surface area contributed by atoms with Gasteiger partial charge in [-0.1, -0.05) is 12.0 Å². The van der Waals surface area contributed by atoms with E-state index in [1.807, 2.05) is 0 Å². The maximum atomic E-state index is 12.7. The molecule has 7 nitrogen and oxygen atoms in total. The number of nitrogens with one attached hydrogen (secondary N) is 2. The van der Waals surface area contributed by atoms with Crippen molar-refractivity contribution in [2.24, 2.45) is 5.10 Å². The number of nitrogens with zero attached hydrogens (tertiary/aromatic N) is 1. The highest BCUT2D eigenvalue weighted by molar-refractivity contribution is 6.03. The summed E-state index contributed by atoms with van der Waals surface area (Å²) in [6.07, 6.45) is 1.29. The minimum atomic E-state index is -4.54. The Morgan fingerprint density at radius 3 is 2.61 bits per heavy atom. The number of hydrogen-bond acceptors (Lipinski definition) is 5. The zero-order valence-electron chi connectivity index (χ0n) is 16.3. The molecule has 162 valence electrons. The number of alkyl halides is 3. The Bertz CT molecular complexity index is 1010. The van der Waals surface area contributed by atoms with Gasteiger partial charge in [0, 0.05) is 5.69 Å². The molecular weight excluding hydrogens is 415 g/mol. The first-order valence-corrected chi connectivity index (χ1v) is 8.76. The van der Waals surface area contributed by atoms with Gasteiger partial charge >= 0.3 is 6.18 Å². The van der Waals surface area contributed by atoms with Crippen LogP contribution in [0, 0.1) is 12.3 Å². The Morgan fingerprint density at radius 2 is 1.94 bits per heavy atom. The van der Waals surface area contributed by atoms with Crippen molar-refractivity contribution >= 4 is 23.7 Å². The summed E-state index contributed by atoms with van der Waals surface area (Å²) < 4.78 is 48.6. The van der Waals surface area contributed by atoms with Crippen molar-refractivity contribution in [1.82, 2.24) is 5.43 Å². The van der Waals surface area contributed by atoms with E-state index in [2.05, 4.69) is 21.8 Å². The molecule has 2 aromatic rings. The van der Waals surface area contributed by atoms with Crippen molar-refractivity contribution in [3.05, 3.63) is 53.6 Å². The Hall–Kier alpha value is -4.00. The van der Waals surface area contributed by atoms with Crippen LogP contribution in [0.25, 0.3) is 0 Å². The van der Waals surface area contributed by atoms with Crippen LogP contribution in [0.3, 0.4) is 0 Å². The molecule has 0 aliphatic rings. The van der Waals surface area contributed by atoms with Crippen molar-refractivity contribution in [3.8, 4) is 23.8 Å². The molecule has 31 heavy (non-hydrogen) atoms. The average molecular weight is 433 g/mol. The smallest absolute Gasteiger partial charge is 0.416 e. The molecule has 0 aromatic heterocycles. The average Bonchev–Trinajstić information content (AvgIpc) is 2.72. The highest BCUT2D eigenvalue weighted by atomic mass is 19.4. The van der Waals surface area contributed by atoms with E-state index in [9.17, 15) is 22.8 Å². The fourth-order valence-corrected chi connectivity index (χ4v) is 2.35. The van der Waals surface area contributed by atoms with E-state index >= 15 is 0 Å². The SMILES string of the molecule is C#CCOc1ccc(C=NNC(=O)CC(=O)Nc2cccc(C(F)(F)F)c2)cc1OC. The lowest BCUT2D eigenvalue weighted by molar-refractivity contribution is -0.137. The molecule has 10 heteroatoms. The molecule has 0 bridgehead atoms. The number of amides is 2. The predicted molar refractivity (Wildman–Crippen MR) is 108 cm³/mol. The van der Waals surface area contributed by atoms with Crippen molar-refractivity contribution in [3.63, 3.8) is 0 Å². The number of terminal acetylenes is 1. The third-order valence-electron chi connectivity index (χ3n) is 3.70. The lowest BCUT2D eigenvalue weighted by Crippen LogP contribution is -2.24. The zero-order valence-corrected chi connectivity index (χ0v) is 16.3. The first-order valence-electron chi connectivity index (χ1n) is 8.76. The van der Waals surface area contributed by atoms with Gasteiger partial charge in [-0.25, -0.2) is 5.43 Å². The molecule has 0 atom stereocenters. The van der Waals surface area contributed by atoms with Crippen LogP contribution in [-0.4, -0.2) is 31.7 Å². The second kappa shape index (κ2) is 10.7. The van der Waals surface area contributed by atoms with Crippen LogP contribution in [0.4, 0.5) is 18.9 Å². The molecule has 0 radical (unpaired) electrons. The number of methoxy groups -OCH3 is 1. The van der Waals surface area contributed by atoms with E-state index in [-0.39, 0.29) is 12.3 Å². The molecule has 0 heterocycles. The summed E-state index contributed by atoms with van der Waals surface area (Å²) in [5.74, 6) is 1.64. The topological polar surface area (TPSA) is 89.0 Å². The van der Waals surface area contributed by atoms with E-state index < -0.39 is 30.0 Å². The summed E-state index contributed by atoms with van der Waals surface area (Å²) >= 11 is 0. The van der Waals surface area contributed by atoms with Gasteiger partial charge in [0.2, 0.25) is 11.8 Å². The van der Waals surface area contributed by atoms with Gasteiger partial charge in [0.05, 0.1) is 18.9 Å². The van der Waals surface area contributed by atoms with Crippen molar-refractivity contribution in [2.75, 3.05) is 19.0 Å². The molecule has 0 aliphatic heterocycles. The fraction of sp³-hybridized carbons (Fsp3) is 0.190. The van der Waals surface area contributed by atoms with Gasteiger partial charge in [-0.15, -0.1) is 6.42 Å². The molecule has 2 aromatic carbocycles. The Labute approximate surface area is 176 Å². The number of ether oxygens (including phenoxy) is 2. The summed E-state index contributed by atoms with van der Waals surface area (Å²) in [5.41, 5.74) is 1.74. The number of hydrazone groups is 1. The summed E-state index contributed by atoms with van der Waals surface area (Å²) in [6.45, 7) is 0.0718. The van der Waals surface area contributed by atoms with Gasteiger partial charge in [-0.2, -0.15) is 18.3 Å². The normalized spacial score (nSPS) is 10.9. The first kappa shape index (κ1) is 23.3. The monoisotopic (exact) mass is 433 g/mol. The minimum absolute atomic E-state index is 0.0718. The molecule has 0 fully saturated rings. The van der Waals surface area contributed by atoms with E-state index in [4.69, 9.17) is 15.9 Å². The molecule has 2 amide bonds. The van der Waals surface area contributed by atoms with Crippen LogP contribution in [0.5, 0.6) is 11.5 Å². The van der Waals surface area contributed by atoms with E-state index in [1.54, 1.807) is 18.2 Å². The van der Waals surface area contributed by atoms with Crippen molar-refractivity contribution in [1.29, 1.82) is 0 Å². The second-order valence-corrected chi connectivity index (χ2v) is 6.00. The molecule has 0 unspecified atom stereocenters. The summed E-state index contributed by atoms with van der Waals surface area (Å²) in [4.78, 5) is 23.7. The number of hydrogen-bond donors (Lipinski definition) is 2. The van der Waals surface area contributed by atoms with Gasteiger partial charge < -0.3 is 14.8 Å². The van der Waals surface area contributed by atoms with Crippen molar-refractivity contribution in [2.45, 2.75) is 12.6 Å². The lowest BCUT2D eigenvalue weighted by Gasteiger charge is -2.09. The Kier molecular flexibility index (Phi) is 8.02.